The van der Waals surface area contributed by atoms with Crippen molar-refractivity contribution in [1.82, 2.24) is 0 Å². The van der Waals surface area contributed by atoms with Gasteiger partial charge in [0.1, 0.15) is 11.5 Å². The first-order valence-electron chi connectivity index (χ1n) is 7.53. The van der Waals surface area contributed by atoms with Gasteiger partial charge in [0.2, 0.25) is 0 Å². The Morgan fingerprint density at radius 3 is 2.46 bits per heavy atom. The second-order valence-electron chi connectivity index (χ2n) is 5.09. The lowest BCUT2D eigenvalue weighted by Crippen LogP contribution is -2.14. The average Bonchev–Trinajstić information content (AvgIpc) is 3.14. The highest BCUT2D eigenvalue weighted by atomic mass is 16.5. The number of carbonyl (C=O) groups is 1. The fourth-order valence-electron chi connectivity index (χ4n) is 2.35. The van der Waals surface area contributed by atoms with Crippen LogP contribution in [0.25, 0.3) is 11.6 Å². The summed E-state index contributed by atoms with van der Waals surface area (Å²) in [5.74, 6) is 0.988. The molecule has 1 heterocycles. The van der Waals surface area contributed by atoms with Gasteiger partial charge in [-0.15, -0.1) is 0 Å². The summed E-state index contributed by atoms with van der Waals surface area (Å²) in [7, 11) is 1.57. The van der Waals surface area contributed by atoms with Crippen molar-refractivity contribution in [1.29, 1.82) is 0 Å². The van der Waals surface area contributed by atoms with Gasteiger partial charge in [-0.1, -0.05) is 42.5 Å². The van der Waals surface area contributed by atoms with Gasteiger partial charge in [0.15, 0.2) is 0 Å². The monoisotopic (exact) mass is 319 g/mol. The Morgan fingerprint density at radius 2 is 1.75 bits per heavy atom. The summed E-state index contributed by atoms with van der Waals surface area (Å²) in [6, 6.07) is 20.3. The molecule has 2 aromatic carbocycles. The Morgan fingerprint density at radius 1 is 1.00 bits per heavy atom. The Balaban J connectivity index is 1.95. The van der Waals surface area contributed by atoms with Crippen molar-refractivity contribution >= 4 is 23.2 Å². The number of carbonyl (C=O) groups excluding carboxylic acids is 1. The second kappa shape index (κ2) is 7.33. The molecule has 1 N–H and O–H groups in total. The molecule has 24 heavy (non-hydrogen) atoms. The third kappa shape index (κ3) is 3.55. The predicted octanol–water partition coefficient (Wildman–Crippen LogP) is 4.47. The van der Waals surface area contributed by atoms with Crippen LogP contribution in [0.3, 0.4) is 0 Å². The molecular weight excluding hydrogens is 302 g/mol. The predicted molar refractivity (Wildman–Crippen MR) is 94.6 cm³/mol. The van der Waals surface area contributed by atoms with Gasteiger partial charge in [0, 0.05) is 0 Å². The number of methoxy groups -OCH3 is 1. The number of hydrogen-bond acceptors (Lipinski definition) is 3. The van der Waals surface area contributed by atoms with Gasteiger partial charge < -0.3 is 14.5 Å². The van der Waals surface area contributed by atoms with Crippen LogP contribution in [-0.4, -0.2) is 13.0 Å². The number of amides is 1. The van der Waals surface area contributed by atoms with E-state index < -0.39 is 0 Å². The molecule has 0 saturated heterocycles. The number of benzene rings is 2. The number of nitrogens with one attached hydrogen (secondary N) is 1. The summed E-state index contributed by atoms with van der Waals surface area (Å²) in [4.78, 5) is 12.8. The van der Waals surface area contributed by atoms with E-state index >= 15 is 0 Å². The minimum absolute atomic E-state index is 0.234. The van der Waals surface area contributed by atoms with Crippen LogP contribution in [-0.2, 0) is 4.79 Å². The van der Waals surface area contributed by atoms with Crippen LogP contribution in [0.4, 0.5) is 5.69 Å². The smallest absolute Gasteiger partial charge is 0.256 e. The van der Waals surface area contributed by atoms with Crippen LogP contribution >= 0.6 is 0 Å². The summed E-state index contributed by atoms with van der Waals surface area (Å²) < 4.78 is 10.6. The molecule has 0 unspecified atom stereocenters. The molecular formula is C20H17NO3. The Kier molecular flexibility index (Phi) is 4.77. The highest BCUT2D eigenvalue weighted by Crippen LogP contribution is 2.26. The van der Waals surface area contributed by atoms with Crippen LogP contribution in [0.15, 0.2) is 77.4 Å². The molecule has 1 aromatic heterocycles. The van der Waals surface area contributed by atoms with Crippen LogP contribution in [0.5, 0.6) is 5.75 Å². The third-order valence-corrected chi connectivity index (χ3v) is 3.51. The minimum atomic E-state index is -0.234. The highest BCUT2D eigenvalue weighted by Gasteiger charge is 2.15. The maximum Gasteiger partial charge on any atom is 0.256 e. The molecule has 3 aromatic rings. The van der Waals surface area contributed by atoms with Crippen molar-refractivity contribution in [2.45, 2.75) is 0 Å². The molecule has 0 aliphatic carbocycles. The Labute approximate surface area is 140 Å². The standard InChI is InChI=1S/C20H17NO3/c1-23-19-12-6-5-11-18(19)21-20(22)17(14-16-10-7-13-24-16)15-8-3-2-4-9-15/h2-14H,1H3,(H,21,22)/b17-14+. The second-order valence-corrected chi connectivity index (χ2v) is 5.09. The zero-order chi connectivity index (χ0) is 16.8. The van der Waals surface area contributed by atoms with Gasteiger partial charge in [0.25, 0.3) is 5.91 Å². The van der Waals surface area contributed by atoms with Gasteiger partial charge in [-0.2, -0.15) is 0 Å². The first kappa shape index (κ1) is 15.6. The molecule has 0 aliphatic heterocycles. The van der Waals surface area contributed by atoms with E-state index in [0.717, 1.165) is 5.56 Å². The number of furan rings is 1. The molecule has 0 fully saturated rings. The van der Waals surface area contributed by atoms with E-state index in [-0.39, 0.29) is 5.91 Å². The van der Waals surface area contributed by atoms with E-state index in [1.54, 1.807) is 43.7 Å². The quantitative estimate of drug-likeness (QED) is 0.706. The number of rotatable bonds is 5. The van der Waals surface area contributed by atoms with E-state index in [1.807, 2.05) is 42.5 Å². The topological polar surface area (TPSA) is 51.5 Å². The lowest BCUT2D eigenvalue weighted by Gasteiger charge is -2.12. The number of para-hydroxylation sites is 2. The lowest BCUT2D eigenvalue weighted by molar-refractivity contribution is -0.111. The third-order valence-electron chi connectivity index (χ3n) is 3.51. The van der Waals surface area contributed by atoms with Gasteiger partial charge in [0.05, 0.1) is 24.6 Å². The molecule has 0 atom stereocenters. The van der Waals surface area contributed by atoms with E-state index in [2.05, 4.69) is 5.32 Å². The Hall–Kier alpha value is -3.27. The molecule has 0 saturated carbocycles. The zero-order valence-electron chi connectivity index (χ0n) is 13.2. The van der Waals surface area contributed by atoms with Crippen LogP contribution < -0.4 is 10.1 Å². The number of hydrogen-bond donors (Lipinski definition) is 1. The van der Waals surface area contributed by atoms with Crippen molar-refractivity contribution in [3.05, 3.63) is 84.3 Å². The molecule has 0 spiro atoms. The van der Waals surface area contributed by atoms with Gasteiger partial charge in [-0.05, 0) is 35.9 Å². The summed E-state index contributed by atoms with van der Waals surface area (Å²) in [5.41, 5.74) is 1.93. The normalized spacial score (nSPS) is 11.1. The summed E-state index contributed by atoms with van der Waals surface area (Å²) in [6.07, 6.45) is 3.30. The van der Waals surface area contributed by atoms with Crippen molar-refractivity contribution < 1.29 is 13.9 Å². The van der Waals surface area contributed by atoms with E-state index in [0.29, 0.717) is 22.8 Å². The molecule has 3 rings (SSSR count). The van der Waals surface area contributed by atoms with Crippen LogP contribution in [0, 0.1) is 0 Å². The summed E-state index contributed by atoms with van der Waals surface area (Å²) in [6.45, 7) is 0. The van der Waals surface area contributed by atoms with Crippen molar-refractivity contribution in [2.24, 2.45) is 0 Å². The van der Waals surface area contributed by atoms with Gasteiger partial charge in [-0.3, -0.25) is 4.79 Å². The maximum absolute atomic E-state index is 12.8. The van der Waals surface area contributed by atoms with Crippen LogP contribution in [0.2, 0.25) is 0 Å². The lowest BCUT2D eigenvalue weighted by atomic mass is 10.0. The average molecular weight is 319 g/mol. The van der Waals surface area contributed by atoms with Crippen molar-refractivity contribution in [3.8, 4) is 5.75 Å². The molecule has 1 amide bonds. The highest BCUT2D eigenvalue weighted by molar-refractivity contribution is 6.29. The molecule has 0 bridgehead atoms. The molecule has 4 nitrogen and oxygen atoms in total. The summed E-state index contributed by atoms with van der Waals surface area (Å²) in [5, 5.41) is 2.90. The largest absolute Gasteiger partial charge is 0.495 e. The van der Waals surface area contributed by atoms with Crippen molar-refractivity contribution in [3.63, 3.8) is 0 Å². The first-order valence-corrected chi connectivity index (χ1v) is 7.53. The SMILES string of the molecule is COc1ccccc1NC(=O)/C(=C/c1ccco1)c1ccccc1. The number of anilines is 1. The fraction of sp³-hybridized carbons (Fsp3) is 0.0500. The molecule has 4 heteroatoms. The summed E-state index contributed by atoms with van der Waals surface area (Å²) >= 11 is 0. The van der Waals surface area contributed by atoms with Gasteiger partial charge in [-0.25, -0.2) is 0 Å². The number of ether oxygens (including phenoxy) is 1. The van der Waals surface area contributed by atoms with E-state index in [4.69, 9.17) is 9.15 Å². The van der Waals surface area contributed by atoms with Crippen molar-refractivity contribution in [2.75, 3.05) is 12.4 Å². The minimum Gasteiger partial charge on any atom is -0.495 e. The maximum atomic E-state index is 12.8. The Bertz CT molecular complexity index is 836. The zero-order valence-corrected chi connectivity index (χ0v) is 13.2. The van der Waals surface area contributed by atoms with Crippen LogP contribution in [0.1, 0.15) is 11.3 Å². The fourth-order valence-corrected chi connectivity index (χ4v) is 2.35. The molecule has 0 aliphatic rings. The van der Waals surface area contributed by atoms with E-state index in [9.17, 15) is 4.79 Å². The molecule has 120 valence electrons. The van der Waals surface area contributed by atoms with Gasteiger partial charge >= 0.3 is 0 Å². The van der Waals surface area contributed by atoms with E-state index in [1.165, 1.54) is 0 Å². The first-order chi connectivity index (χ1) is 11.8. The molecule has 0 radical (unpaired) electrons.